The monoisotopic (exact) mass is 249 g/mol. The van der Waals surface area contributed by atoms with E-state index in [2.05, 4.69) is 11.9 Å². The van der Waals surface area contributed by atoms with Crippen LogP contribution in [-0.2, 0) is 6.54 Å². The van der Waals surface area contributed by atoms with E-state index < -0.39 is 0 Å². The van der Waals surface area contributed by atoms with Crippen LogP contribution in [0.3, 0.4) is 0 Å². The number of hydrogen-bond acceptors (Lipinski definition) is 2. The topological polar surface area (TPSA) is 32.3 Å². The van der Waals surface area contributed by atoms with Crippen molar-refractivity contribution in [2.24, 2.45) is 0 Å². The summed E-state index contributed by atoms with van der Waals surface area (Å²) in [5.41, 5.74) is 0.944. The Morgan fingerprint density at radius 2 is 1.94 bits per heavy atom. The van der Waals surface area contributed by atoms with E-state index in [0.717, 1.165) is 22.9 Å². The molecule has 0 radical (unpaired) electrons. The van der Waals surface area contributed by atoms with Crippen molar-refractivity contribution in [2.75, 3.05) is 6.54 Å². The fourth-order valence-corrected chi connectivity index (χ4v) is 1.81. The second kappa shape index (κ2) is 6.28. The van der Waals surface area contributed by atoms with Gasteiger partial charge in [0.05, 0.1) is 0 Å². The lowest BCUT2D eigenvalue weighted by Crippen LogP contribution is -2.12. The van der Waals surface area contributed by atoms with Crippen LogP contribution in [0.4, 0.5) is 0 Å². The highest BCUT2D eigenvalue weighted by atomic mass is 35.5. The Bertz CT molecular complexity index is 511. The van der Waals surface area contributed by atoms with Crippen LogP contribution in [0.2, 0.25) is 0 Å². The molecule has 0 saturated carbocycles. The van der Waals surface area contributed by atoms with Crippen LogP contribution in [0.5, 0.6) is 5.75 Å². The molecule has 3 heteroatoms. The van der Waals surface area contributed by atoms with E-state index in [0.29, 0.717) is 12.3 Å². The predicted molar refractivity (Wildman–Crippen MR) is 74.8 cm³/mol. The average Bonchev–Trinajstić information content (AvgIpc) is 2.32. The zero-order valence-electron chi connectivity index (χ0n) is 9.52. The maximum absolute atomic E-state index is 9.84. The molecular formula is C14H16ClNO. The first-order valence-corrected chi connectivity index (χ1v) is 5.34. The number of nitrogens with one attached hydrogen (secondary N) is 1. The van der Waals surface area contributed by atoms with Crippen LogP contribution in [0.1, 0.15) is 5.56 Å². The van der Waals surface area contributed by atoms with Crippen LogP contribution in [0.25, 0.3) is 10.8 Å². The third-order valence-electron chi connectivity index (χ3n) is 2.61. The first kappa shape index (κ1) is 13.6. The summed E-state index contributed by atoms with van der Waals surface area (Å²) in [4.78, 5) is 0. The zero-order chi connectivity index (χ0) is 11.4. The van der Waals surface area contributed by atoms with Gasteiger partial charge in [0.15, 0.2) is 0 Å². The minimum atomic E-state index is 0. The Kier molecular flexibility index (Phi) is 5.01. The van der Waals surface area contributed by atoms with Crippen molar-refractivity contribution < 1.29 is 5.11 Å². The summed E-state index contributed by atoms with van der Waals surface area (Å²) in [7, 11) is 0. The molecule has 17 heavy (non-hydrogen) atoms. The number of fused-ring (bicyclic) bond motifs is 1. The molecule has 0 atom stereocenters. The molecule has 2 nitrogen and oxygen atoms in total. The SMILES string of the molecule is C=CCNCc1c(O)ccc2ccccc12.Cl. The zero-order valence-corrected chi connectivity index (χ0v) is 10.3. The van der Waals surface area contributed by atoms with Gasteiger partial charge in [-0.05, 0) is 16.8 Å². The number of phenols is 1. The molecule has 0 fully saturated rings. The van der Waals surface area contributed by atoms with Crippen LogP contribution in [-0.4, -0.2) is 11.7 Å². The van der Waals surface area contributed by atoms with Crippen LogP contribution in [0, 0.1) is 0 Å². The highest BCUT2D eigenvalue weighted by molar-refractivity contribution is 5.87. The lowest BCUT2D eigenvalue weighted by Gasteiger charge is -2.09. The van der Waals surface area contributed by atoms with Gasteiger partial charge >= 0.3 is 0 Å². The van der Waals surface area contributed by atoms with Crippen molar-refractivity contribution in [1.82, 2.24) is 5.32 Å². The van der Waals surface area contributed by atoms with E-state index in [1.807, 2.05) is 36.4 Å². The summed E-state index contributed by atoms with van der Waals surface area (Å²) >= 11 is 0. The molecule has 0 spiro atoms. The summed E-state index contributed by atoms with van der Waals surface area (Å²) < 4.78 is 0. The van der Waals surface area contributed by atoms with Gasteiger partial charge in [-0.2, -0.15) is 0 Å². The summed E-state index contributed by atoms with van der Waals surface area (Å²) in [6, 6.07) is 11.7. The Labute approximate surface area is 107 Å². The van der Waals surface area contributed by atoms with Gasteiger partial charge in [0.2, 0.25) is 0 Å². The summed E-state index contributed by atoms with van der Waals surface area (Å²) in [6.45, 7) is 5.04. The van der Waals surface area contributed by atoms with Crippen LogP contribution >= 0.6 is 12.4 Å². The van der Waals surface area contributed by atoms with E-state index >= 15 is 0 Å². The second-order valence-corrected chi connectivity index (χ2v) is 3.70. The van der Waals surface area contributed by atoms with Crippen LogP contribution in [0.15, 0.2) is 49.1 Å². The molecule has 0 aliphatic rings. The van der Waals surface area contributed by atoms with Gasteiger partial charge in [0.1, 0.15) is 5.75 Å². The Morgan fingerprint density at radius 1 is 1.18 bits per heavy atom. The first-order valence-electron chi connectivity index (χ1n) is 5.34. The largest absolute Gasteiger partial charge is 0.508 e. The minimum Gasteiger partial charge on any atom is -0.508 e. The number of aromatic hydroxyl groups is 1. The highest BCUT2D eigenvalue weighted by Gasteiger charge is 2.05. The molecule has 2 aromatic carbocycles. The van der Waals surface area contributed by atoms with Crippen molar-refractivity contribution in [2.45, 2.75) is 6.54 Å². The maximum Gasteiger partial charge on any atom is 0.120 e. The van der Waals surface area contributed by atoms with Crippen molar-refractivity contribution in [3.63, 3.8) is 0 Å². The van der Waals surface area contributed by atoms with Gasteiger partial charge < -0.3 is 10.4 Å². The van der Waals surface area contributed by atoms with Crippen molar-refractivity contribution in [1.29, 1.82) is 0 Å². The molecule has 2 N–H and O–H groups in total. The lowest BCUT2D eigenvalue weighted by molar-refractivity contribution is 0.467. The number of benzene rings is 2. The summed E-state index contributed by atoms with van der Waals surface area (Å²) in [5.74, 6) is 0.343. The predicted octanol–water partition coefficient (Wildman–Crippen LogP) is 3.24. The molecule has 0 bridgehead atoms. The molecule has 0 aromatic heterocycles. The molecule has 0 saturated heterocycles. The van der Waals surface area contributed by atoms with Gasteiger partial charge in [0, 0.05) is 18.7 Å². The van der Waals surface area contributed by atoms with Crippen molar-refractivity contribution >= 4 is 23.2 Å². The first-order chi connectivity index (χ1) is 7.83. The van der Waals surface area contributed by atoms with Gasteiger partial charge in [-0.1, -0.05) is 36.4 Å². The van der Waals surface area contributed by atoms with Gasteiger partial charge in [-0.25, -0.2) is 0 Å². The summed E-state index contributed by atoms with van der Waals surface area (Å²) in [5, 5.41) is 15.3. The van der Waals surface area contributed by atoms with Gasteiger partial charge in [-0.3, -0.25) is 0 Å². The van der Waals surface area contributed by atoms with E-state index in [4.69, 9.17) is 0 Å². The van der Waals surface area contributed by atoms with Gasteiger partial charge in [-0.15, -0.1) is 19.0 Å². The molecule has 0 aliphatic carbocycles. The lowest BCUT2D eigenvalue weighted by atomic mass is 10.0. The molecule has 0 heterocycles. The van der Waals surface area contributed by atoms with E-state index in [1.54, 1.807) is 6.07 Å². The highest BCUT2D eigenvalue weighted by Crippen LogP contribution is 2.26. The molecule has 2 rings (SSSR count). The standard InChI is InChI=1S/C14H15NO.ClH/c1-2-9-15-10-13-12-6-4-3-5-11(12)7-8-14(13)16;/h2-8,15-16H,1,9-10H2;1H. The van der Waals surface area contributed by atoms with E-state index in [1.165, 1.54) is 0 Å². The summed E-state index contributed by atoms with van der Waals surface area (Å²) in [6.07, 6.45) is 1.81. The molecule has 2 aromatic rings. The third kappa shape index (κ3) is 2.99. The quantitative estimate of drug-likeness (QED) is 0.644. The molecule has 90 valence electrons. The molecule has 0 aliphatic heterocycles. The third-order valence-corrected chi connectivity index (χ3v) is 2.61. The number of phenolic OH excluding ortho intramolecular Hbond substituents is 1. The van der Waals surface area contributed by atoms with Gasteiger partial charge in [0.25, 0.3) is 0 Å². The minimum absolute atomic E-state index is 0. The Balaban J connectivity index is 0.00000144. The fraction of sp³-hybridized carbons (Fsp3) is 0.143. The van der Waals surface area contributed by atoms with Crippen molar-refractivity contribution in [3.8, 4) is 5.75 Å². The number of hydrogen-bond donors (Lipinski definition) is 2. The van der Waals surface area contributed by atoms with E-state index in [-0.39, 0.29) is 12.4 Å². The van der Waals surface area contributed by atoms with Crippen LogP contribution < -0.4 is 5.32 Å². The number of halogens is 1. The fourth-order valence-electron chi connectivity index (χ4n) is 1.81. The molecule has 0 unspecified atom stereocenters. The molecule has 0 amide bonds. The molecular weight excluding hydrogens is 234 g/mol. The average molecular weight is 250 g/mol. The number of rotatable bonds is 4. The Hall–Kier alpha value is -1.51. The maximum atomic E-state index is 9.84. The van der Waals surface area contributed by atoms with E-state index in [9.17, 15) is 5.11 Å². The smallest absolute Gasteiger partial charge is 0.120 e. The normalized spacial score (nSPS) is 9.88. The Morgan fingerprint density at radius 3 is 2.71 bits per heavy atom. The van der Waals surface area contributed by atoms with Crippen molar-refractivity contribution in [3.05, 3.63) is 54.6 Å². The second-order valence-electron chi connectivity index (χ2n) is 3.70.